The highest BCUT2D eigenvalue weighted by Crippen LogP contribution is 2.34. The third kappa shape index (κ3) is 3.87. The second-order valence-electron chi connectivity index (χ2n) is 7.82. The molecule has 1 aromatic heterocycles. The number of rotatable bonds is 5. The van der Waals surface area contributed by atoms with Crippen LogP contribution in [0.3, 0.4) is 0 Å². The Kier molecular flexibility index (Phi) is 5.45. The van der Waals surface area contributed by atoms with E-state index in [-0.39, 0.29) is 15.3 Å². The Morgan fingerprint density at radius 1 is 0.966 bits per heavy atom. The largest absolute Gasteiger partial charge is 0.497 e. The highest BCUT2D eigenvalue weighted by Gasteiger charge is 2.25. The van der Waals surface area contributed by atoms with E-state index in [1.807, 2.05) is 12.1 Å². The maximum atomic E-state index is 13.2. The Hall–Kier alpha value is -2.80. The molecule has 3 aromatic rings. The van der Waals surface area contributed by atoms with Gasteiger partial charge in [-0.15, -0.1) is 0 Å². The van der Waals surface area contributed by atoms with Crippen molar-refractivity contribution in [2.45, 2.75) is 36.1 Å². The molecule has 0 fully saturated rings. The molecule has 0 atom stereocenters. The van der Waals surface area contributed by atoms with Gasteiger partial charge in [0, 0.05) is 7.05 Å². The van der Waals surface area contributed by atoms with Crippen molar-refractivity contribution in [3.8, 4) is 22.9 Å². The lowest BCUT2D eigenvalue weighted by molar-refractivity contribution is 0.404. The molecule has 0 aliphatic rings. The van der Waals surface area contributed by atoms with Crippen LogP contribution in [0.15, 0.2) is 58.6 Å². The van der Waals surface area contributed by atoms with E-state index in [4.69, 9.17) is 9.47 Å². The Morgan fingerprint density at radius 2 is 1.62 bits per heavy atom. The zero-order valence-electron chi connectivity index (χ0n) is 17.6. The van der Waals surface area contributed by atoms with E-state index in [1.54, 1.807) is 56.2 Å². The quantitative estimate of drug-likeness (QED) is 0.625. The second kappa shape index (κ2) is 7.55. The zero-order valence-corrected chi connectivity index (χ0v) is 18.4. The molecule has 0 N–H and O–H groups in total. The first-order chi connectivity index (χ1) is 13.6. The molecule has 0 aliphatic carbocycles. The summed E-state index contributed by atoms with van der Waals surface area (Å²) in [5, 5.41) is 0.112. The molecule has 2 aromatic carbocycles. The predicted octanol–water partition coefficient (Wildman–Crippen LogP) is 4.23. The number of hydrogen-bond donors (Lipinski definition) is 0. The smallest absolute Gasteiger partial charge is 0.223 e. The number of methoxy groups -OCH3 is 2. The van der Waals surface area contributed by atoms with E-state index < -0.39 is 9.84 Å². The highest BCUT2D eigenvalue weighted by molar-refractivity contribution is 7.91. The molecule has 3 rings (SSSR count). The molecule has 0 radical (unpaired) electrons. The molecule has 7 heteroatoms. The molecule has 154 valence electrons. The molecule has 0 aliphatic heterocycles. The fourth-order valence-corrected chi connectivity index (χ4v) is 4.51. The van der Waals surface area contributed by atoms with E-state index in [9.17, 15) is 8.42 Å². The number of hydrogen-bond acceptors (Lipinski definition) is 5. The van der Waals surface area contributed by atoms with Gasteiger partial charge in [-0.05, 0) is 41.3 Å². The van der Waals surface area contributed by atoms with Crippen molar-refractivity contribution in [1.82, 2.24) is 9.55 Å². The summed E-state index contributed by atoms with van der Waals surface area (Å²) in [4.78, 5) is 4.60. The molecule has 6 nitrogen and oxygen atoms in total. The summed E-state index contributed by atoms with van der Waals surface area (Å²) in [6.45, 7) is 6.27. The first kappa shape index (κ1) is 20.9. The van der Waals surface area contributed by atoms with Gasteiger partial charge in [-0.2, -0.15) is 0 Å². The van der Waals surface area contributed by atoms with Crippen LogP contribution >= 0.6 is 0 Å². The number of imidazole rings is 1. The second-order valence-corrected chi connectivity index (χ2v) is 9.72. The minimum atomic E-state index is -3.73. The fourth-order valence-electron chi connectivity index (χ4n) is 3.14. The van der Waals surface area contributed by atoms with Gasteiger partial charge in [0.05, 0.1) is 30.9 Å². The van der Waals surface area contributed by atoms with Gasteiger partial charge in [-0.25, -0.2) is 13.4 Å². The summed E-state index contributed by atoms with van der Waals surface area (Å²) in [5.41, 5.74) is 1.67. The summed E-state index contributed by atoms with van der Waals surface area (Å²) in [6, 6.07) is 12.3. The van der Waals surface area contributed by atoms with Crippen LogP contribution in [0.2, 0.25) is 0 Å². The van der Waals surface area contributed by atoms with Gasteiger partial charge in [0.1, 0.15) is 17.3 Å². The number of nitrogens with zero attached hydrogens (tertiary/aromatic N) is 2. The van der Waals surface area contributed by atoms with Crippen LogP contribution in [-0.4, -0.2) is 32.2 Å². The molecule has 0 saturated carbocycles. The van der Waals surface area contributed by atoms with Crippen molar-refractivity contribution in [1.29, 1.82) is 0 Å². The average molecular weight is 415 g/mol. The maximum Gasteiger partial charge on any atom is 0.223 e. The van der Waals surface area contributed by atoms with Crippen molar-refractivity contribution in [2.24, 2.45) is 7.05 Å². The third-order valence-electron chi connectivity index (χ3n) is 4.90. The highest BCUT2D eigenvalue weighted by atomic mass is 32.2. The topological polar surface area (TPSA) is 70.4 Å². The summed E-state index contributed by atoms with van der Waals surface area (Å²) in [7, 11) is 1.08. The molecule has 0 saturated heterocycles. The van der Waals surface area contributed by atoms with Crippen LogP contribution in [0.4, 0.5) is 0 Å². The van der Waals surface area contributed by atoms with Gasteiger partial charge in [0.15, 0.2) is 5.03 Å². The van der Waals surface area contributed by atoms with E-state index in [1.165, 1.54) is 6.20 Å². The lowest BCUT2D eigenvalue weighted by Gasteiger charge is -2.19. The van der Waals surface area contributed by atoms with Gasteiger partial charge in [-0.3, -0.25) is 0 Å². The molecule has 1 heterocycles. The molecule has 0 bridgehead atoms. The van der Waals surface area contributed by atoms with Crippen molar-refractivity contribution in [3.05, 3.63) is 54.2 Å². The van der Waals surface area contributed by atoms with E-state index in [2.05, 4.69) is 25.8 Å². The number of benzene rings is 2. The molecule has 0 unspecified atom stereocenters. The Labute approximate surface area is 172 Å². The Bertz CT molecular complexity index is 1120. The summed E-state index contributed by atoms with van der Waals surface area (Å²) in [5.74, 6) is 1.69. The van der Waals surface area contributed by atoms with Crippen LogP contribution in [0.1, 0.15) is 26.3 Å². The van der Waals surface area contributed by atoms with E-state index in [0.29, 0.717) is 22.9 Å². The first-order valence-electron chi connectivity index (χ1n) is 9.19. The van der Waals surface area contributed by atoms with Crippen LogP contribution < -0.4 is 9.47 Å². The van der Waals surface area contributed by atoms with Gasteiger partial charge in [-0.1, -0.05) is 32.9 Å². The SMILES string of the molecule is COc1ccc(OC)c(-c2ncc(S(=O)(=O)c3ccc(C(C)(C)C)cc3)n2C)c1. The predicted molar refractivity (Wildman–Crippen MR) is 112 cm³/mol. The van der Waals surface area contributed by atoms with Crippen LogP contribution in [-0.2, 0) is 22.3 Å². The van der Waals surface area contributed by atoms with E-state index in [0.717, 1.165) is 5.56 Å². The van der Waals surface area contributed by atoms with Gasteiger partial charge in [0.2, 0.25) is 9.84 Å². The molecule has 29 heavy (non-hydrogen) atoms. The van der Waals surface area contributed by atoms with Crippen LogP contribution in [0.5, 0.6) is 11.5 Å². The van der Waals surface area contributed by atoms with Crippen molar-refractivity contribution in [3.63, 3.8) is 0 Å². The van der Waals surface area contributed by atoms with E-state index >= 15 is 0 Å². The summed E-state index contributed by atoms with van der Waals surface area (Å²) < 4.78 is 38.7. The van der Waals surface area contributed by atoms with Gasteiger partial charge in [0.25, 0.3) is 0 Å². The molecular weight excluding hydrogens is 388 g/mol. The molecular formula is C22H26N2O4S. The lowest BCUT2D eigenvalue weighted by Crippen LogP contribution is -2.12. The summed E-state index contributed by atoms with van der Waals surface area (Å²) >= 11 is 0. The minimum absolute atomic E-state index is 0.0507. The number of sulfone groups is 1. The normalized spacial score (nSPS) is 12.1. The minimum Gasteiger partial charge on any atom is -0.497 e. The fraction of sp³-hybridized carbons (Fsp3) is 0.318. The Morgan fingerprint density at radius 3 is 2.17 bits per heavy atom. The lowest BCUT2D eigenvalue weighted by atomic mass is 9.87. The standard InChI is InChI=1S/C22H26N2O4S/c1-22(2,3)15-7-10-17(11-8-15)29(25,26)20-14-23-21(24(20)4)18-13-16(27-5)9-12-19(18)28-6/h7-14H,1-6H3. The van der Waals surface area contributed by atoms with Crippen LogP contribution in [0, 0.1) is 0 Å². The average Bonchev–Trinajstić information content (AvgIpc) is 3.08. The Balaban J connectivity index is 2.07. The molecule has 0 spiro atoms. The van der Waals surface area contributed by atoms with Gasteiger partial charge >= 0.3 is 0 Å². The van der Waals surface area contributed by atoms with Crippen LogP contribution in [0.25, 0.3) is 11.4 Å². The molecule has 0 amide bonds. The maximum absolute atomic E-state index is 13.2. The monoisotopic (exact) mass is 414 g/mol. The van der Waals surface area contributed by atoms with Crippen molar-refractivity contribution >= 4 is 9.84 Å². The summed E-state index contributed by atoms with van der Waals surface area (Å²) in [6.07, 6.45) is 1.38. The first-order valence-corrected chi connectivity index (χ1v) is 10.7. The zero-order chi connectivity index (χ0) is 21.4. The number of ether oxygens (including phenoxy) is 2. The van der Waals surface area contributed by atoms with Crippen molar-refractivity contribution < 1.29 is 17.9 Å². The number of aromatic nitrogens is 2. The van der Waals surface area contributed by atoms with Gasteiger partial charge < -0.3 is 14.0 Å². The third-order valence-corrected chi connectivity index (χ3v) is 6.72. The van der Waals surface area contributed by atoms with Crippen molar-refractivity contribution in [2.75, 3.05) is 14.2 Å².